The van der Waals surface area contributed by atoms with Crippen molar-refractivity contribution in [2.45, 2.75) is 12.5 Å². The van der Waals surface area contributed by atoms with E-state index in [9.17, 15) is 14.4 Å². The van der Waals surface area contributed by atoms with Crippen LogP contribution in [0.25, 0.3) is 10.9 Å². The van der Waals surface area contributed by atoms with Crippen molar-refractivity contribution in [2.75, 3.05) is 13.7 Å². The Morgan fingerprint density at radius 1 is 1.10 bits per heavy atom. The van der Waals surface area contributed by atoms with Crippen molar-refractivity contribution in [1.29, 1.82) is 0 Å². The summed E-state index contributed by atoms with van der Waals surface area (Å²) in [5, 5.41) is 6.60. The van der Waals surface area contributed by atoms with Crippen LogP contribution in [0.4, 0.5) is 0 Å². The second-order valence-electron chi connectivity index (χ2n) is 6.52. The minimum absolute atomic E-state index is 0.234. The molecule has 0 saturated carbocycles. The highest BCUT2D eigenvalue weighted by atomic mass is 35.5. The summed E-state index contributed by atoms with van der Waals surface area (Å²) in [5.74, 6) is -1.60. The van der Waals surface area contributed by atoms with Gasteiger partial charge >= 0.3 is 5.97 Å². The predicted molar refractivity (Wildman–Crippen MR) is 115 cm³/mol. The number of carbonyl (C=O) groups excluding carboxylic acids is 3. The van der Waals surface area contributed by atoms with Gasteiger partial charge < -0.3 is 20.4 Å². The number of halogens is 2. The van der Waals surface area contributed by atoms with E-state index in [1.807, 2.05) is 24.3 Å². The molecule has 0 aliphatic heterocycles. The Balaban J connectivity index is 1.63. The number of ether oxygens (including phenoxy) is 1. The van der Waals surface area contributed by atoms with Crippen molar-refractivity contribution >= 4 is 51.9 Å². The molecule has 0 aliphatic rings. The van der Waals surface area contributed by atoms with Crippen molar-refractivity contribution in [3.8, 4) is 0 Å². The second kappa shape index (κ2) is 9.65. The molecule has 0 spiro atoms. The molecule has 3 aromatic rings. The Morgan fingerprint density at radius 3 is 2.60 bits per heavy atom. The van der Waals surface area contributed by atoms with E-state index in [1.165, 1.54) is 25.3 Å². The molecule has 7 nitrogen and oxygen atoms in total. The minimum atomic E-state index is -0.899. The van der Waals surface area contributed by atoms with Crippen LogP contribution in [0, 0.1) is 0 Å². The number of amides is 2. The molecule has 0 bridgehead atoms. The maximum Gasteiger partial charge on any atom is 0.328 e. The number of aromatic nitrogens is 1. The zero-order valence-corrected chi connectivity index (χ0v) is 17.5. The third-order valence-corrected chi connectivity index (χ3v) is 5.25. The number of esters is 1. The fourth-order valence-corrected chi connectivity index (χ4v) is 3.30. The number of methoxy groups -OCH3 is 1. The van der Waals surface area contributed by atoms with Crippen molar-refractivity contribution in [1.82, 2.24) is 15.6 Å². The molecule has 1 atom stereocenters. The summed E-state index contributed by atoms with van der Waals surface area (Å²) < 4.78 is 4.82. The number of H-pyrrole nitrogens is 1. The number of fused-ring (bicyclic) bond motifs is 1. The van der Waals surface area contributed by atoms with Gasteiger partial charge in [-0.25, -0.2) is 4.79 Å². The number of benzene rings is 2. The Hall–Kier alpha value is -3.03. The average molecular weight is 448 g/mol. The average Bonchev–Trinajstić information content (AvgIpc) is 3.15. The van der Waals surface area contributed by atoms with Crippen LogP contribution in [0.5, 0.6) is 0 Å². The molecular weight excluding hydrogens is 429 g/mol. The van der Waals surface area contributed by atoms with Gasteiger partial charge in [0.2, 0.25) is 5.91 Å². The molecule has 0 radical (unpaired) electrons. The summed E-state index contributed by atoms with van der Waals surface area (Å²) >= 11 is 11.7. The second-order valence-corrected chi connectivity index (χ2v) is 7.33. The molecule has 2 aromatic carbocycles. The van der Waals surface area contributed by atoms with E-state index in [2.05, 4.69) is 15.6 Å². The SMILES string of the molecule is COC(=O)[C@@H](Cc1c[nH]c2ccccc12)NC(=O)CNC(=O)c1ccc(Cl)c(Cl)c1. The third kappa shape index (κ3) is 5.11. The third-order valence-electron chi connectivity index (χ3n) is 4.51. The zero-order chi connectivity index (χ0) is 21.7. The lowest BCUT2D eigenvalue weighted by Crippen LogP contribution is -2.47. The first-order chi connectivity index (χ1) is 14.4. The monoisotopic (exact) mass is 447 g/mol. The minimum Gasteiger partial charge on any atom is -0.467 e. The lowest BCUT2D eigenvalue weighted by Gasteiger charge is -2.16. The molecule has 156 valence electrons. The highest BCUT2D eigenvalue weighted by molar-refractivity contribution is 6.42. The van der Waals surface area contributed by atoms with Crippen LogP contribution in [-0.2, 0) is 20.7 Å². The summed E-state index contributed by atoms with van der Waals surface area (Å²) in [6, 6.07) is 11.1. The van der Waals surface area contributed by atoms with Crippen LogP contribution in [0.2, 0.25) is 10.0 Å². The maximum absolute atomic E-state index is 12.3. The molecule has 2 amide bonds. The highest BCUT2D eigenvalue weighted by Crippen LogP contribution is 2.22. The van der Waals surface area contributed by atoms with Crippen LogP contribution < -0.4 is 10.6 Å². The van der Waals surface area contributed by atoms with Crippen LogP contribution in [-0.4, -0.2) is 42.5 Å². The van der Waals surface area contributed by atoms with Crippen molar-refractivity contribution in [3.05, 3.63) is 69.8 Å². The predicted octanol–water partition coefficient (Wildman–Crippen LogP) is 3.11. The number of rotatable bonds is 7. The molecule has 1 aromatic heterocycles. The van der Waals surface area contributed by atoms with Crippen LogP contribution in [0.1, 0.15) is 15.9 Å². The molecular formula is C21H19Cl2N3O4. The summed E-state index contributed by atoms with van der Waals surface area (Å²) in [6.45, 7) is -0.319. The van der Waals surface area contributed by atoms with Gasteiger partial charge in [-0.2, -0.15) is 0 Å². The van der Waals surface area contributed by atoms with E-state index >= 15 is 0 Å². The van der Waals surface area contributed by atoms with E-state index in [0.29, 0.717) is 5.02 Å². The summed E-state index contributed by atoms with van der Waals surface area (Å²) in [4.78, 5) is 39.8. The van der Waals surface area contributed by atoms with Crippen LogP contribution >= 0.6 is 23.2 Å². The molecule has 1 heterocycles. The van der Waals surface area contributed by atoms with Gasteiger partial charge in [0.1, 0.15) is 6.04 Å². The molecule has 0 unspecified atom stereocenters. The van der Waals surface area contributed by atoms with E-state index < -0.39 is 23.8 Å². The first-order valence-electron chi connectivity index (χ1n) is 9.04. The molecule has 0 aliphatic carbocycles. The first kappa shape index (κ1) is 21.7. The smallest absolute Gasteiger partial charge is 0.328 e. The molecule has 9 heteroatoms. The van der Waals surface area contributed by atoms with E-state index in [0.717, 1.165) is 16.5 Å². The van der Waals surface area contributed by atoms with Gasteiger partial charge in [0.25, 0.3) is 5.91 Å². The van der Waals surface area contributed by atoms with Crippen molar-refractivity contribution in [2.24, 2.45) is 0 Å². The van der Waals surface area contributed by atoms with Crippen molar-refractivity contribution in [3.63, 3.8) is 0 Å². The number of nitrogens with one attached hydrogen (secondary N) is 3. The Morgan fingerprint density at radius 2 is 1.87 bits per heavy atom. The fourth-order valence-electron chi connectivity index (χ4n) is 3.00. The molecule has 3 N–H and O–H groups in total. The molecule has 0 saturated heterocycles. The standard InChI is InChI=1S/C21H19Cl2N3O4/c1-30-21(29)18(9-13-10-24-17-5-3-2-4-14(13)17)26-19(27)11-25-20(28)12-6-7-15(22)16(23)8-12/h2-8,10,18,24H,9,11H2,1H3,(H,25,28)(H,26,27)/t18-/m1/s1. The van der Waals surface area contributed by atoms with Gasteiger partial charge in [-0.1, -0.05) is 41.4 Å². The van der Waals surface area contributed by atoms with Gasteiger partial charge in [0, 0.05) is 29.1 Å². The number of aromatic amines is 1. The molecule has 0 fully saturated rings. The van der Waals surface area contributed by atoms with Crippen LogP contribution in [0.3, 0.4) is 0 Å². The van der Waals surface area contributed by atoms with E-state index in [1.54, 1.807) is 6.20 Å². The zero-order valence-electron chi connectivity index (χ0n) is 16.0. The van der Waals surface area contributed by atoms with Crippen molar-refractivity contribution < 1.29 is 19.1 Å². The van der Waals surface area contributed by atoms with Gasteiger partial charge in [-0.15, -0.1) is 0 Å². The molecule has 3 rings (SSSR count). The number of para-hydroxylation sites is 1. The normalized spacial score (nSPS) is 11.7. The largest absolute Gasteiger partial charge is 0.467 e. The lowest BCUT2D eigenvalue weighted by atomic mass is 10.0. The van der Waals surface area contributed by atoms with Crippen LogP contribution in [0.15, 0.2) is 48.7 Å². The number of hydrogen-bond donors (Lipinski definition) is 3. The summed E-state index contributed by atoms with van der Waals surface area (Å²) in [5.41, 5.74) is 2.05. The summed E-state index contributed by atoms with van der Waals surface area (Å²) in [7, 11) is 1.25. The Kier molecular flexibility index (Phi) is 6.97. The number of carbonyl (C=O) groups is 3. The van der Waals surface area contributed by atoms with Gasteiger partial charge in [0.15, 0.2) is 0 Å². The fraction of sp³-hybridized carbons (Fsp3) is 0.190. The quantitative estimate of drug-likeness (QED) is 0.484. The maximum atomic E-state index is 12.3. The Labute approximate surface area is 182 Å². The van der Waals surface area contributed by atoms with Gasteiger partial charge in [-0.05, 0) is 29.8 Å². The topological polar surface area (TPSA) is 100 Å². The lowest BCUT2D eigenvalue weighted by molar-refractivity contribution is -0.144. The Bertz CT molecular complexity index is 1100. The van der Waals surface area contributed by atoms with E-state index in [-0.39, 0.29) is 23.6 Å². The first-order valence-corrected chi connectivity index (χ1v) is 9.80. The highest BCUT2D eigenvalue weighted by Gasteiger charge is 2.23. The number of hydrogen-bond acceptors (Lipinski definition) is 4. The van der Waals surface area contributed by atoms with Gasteiger partial charge in [-0.3, -0.25) is 9.59 Å². The van der Waals surface area contributed by atoms with Gasteiger partial charge in [0.05, 0.1) is 23.7 Å². The van der Waals surface area contributed by atoms with E-state index in [4.69, 9.17) is 27.9 Å². The summed E-state index contributed by atoms with van der Waals surface area (Å²) in [6.07, 6.45) is 2.03. The molecule has 30 heavy (non-hydrogen) atoms.